The summed E-state index contributed by atoms with van der Waals surface area (Å²) in [6.45, 7) is 5.95. The number of rotatable bonds is 3. The lowest BCUT2D eigenvalue weighted by Gasteiger charge is -2.16. The van der Waals surface area contributed by atoms with Crippen LogP contribution in [0.1, 0.15) is 30.9 Å². The zero-order valence-corrected chi connectivity index (χ0v) is 12.1. The number of nitrogens with one attached hydrogen (secondary N) is 2. The minimum absolute atomic E-state index is 0.237. The van der Waals surface area contributed by atoms with E-state index in [-0.39, 0.29) is 5.92 Å². The van der Waals surface area contributed by atoms with E-state index in [0.29, 0.717) is 5.69 Å². The third-order valence-electron chi connectivity index (χ3n) is 3.02. The number of aromatic nitrogens is 3. The van der Waals surface area contributed by atoms with Crippen LogP contribution in [0, 0.1) is 6.92 Å². The van der Waals surface area contributed by atoms with E-state index < -0.39 is 11.8 Å². The van der Waals surface area contributed by atoms with Crippen LogP contribution in [-0.2, 0) is 9.59 Å². The number of amides is 2. The summed E-state index contributed by atoms with van der Waals surface area (Å²) in [6.07, 6.45) is 2.58. The van der Waals surface area contributed by atoms with E-state index in [0.717, 1.165) is 11.1 Å². The van der Waals surface area contributed by atoms with Crippen LogP contribution in [0.15, 0.2) is 30.9 Å². The summed E-state index contributed by atoms with van der Waals surface area (Å²) in [5, 5.41) is 9.74. The Morgan fingerprint density at radius 2 is 1.81 bits per heavy atom. The molecule has 0 saturated heterocycles. The molecular weight excluding hydrogens is 270 g/mol. The molecule has 2 N–H and O–H groups in total. The van der Waals surface area contributed by atoms with Crippen molar-refractivity contribution in [2.45, 2.75) is 26.7 Å². The summed E-state index contributed by atoms with van der Waals surface area (Å²) < 4.78 is 1.21. The highest BCUT2D eigenvalue weighted by Gasteiger charge is 2.18. The third-order valence-corrected chi connectivity index (χ3v) is 3.02. The van der Waals surface area contributed by atoms with Crippen LogP contribution >= 0.6 is 0 Å². The fourth-order valence-electron chi connectivity index (χ4n) is 1.94. The molecule has 2 rings (SSSR count). The molecule has 0 spiro atoms. The standard InChI is InChI=1S/C14H17N5O2/c1-9(2)11-6-4-5-10(3)12(11)17-13(20)14(21)18-19-7-15-16-8-19/h4-9H,1-3H3,(H,17,20)(H,18,21). The van der Waals surface area contributed by atoms with Gasteiger partial charge in [-0.2, -0.15) is 0 Å². The molecule has 0 atom stereocenters. The van der Waals surface area contributed by atoms with Crippen LogP contribution in [0.3, 0.4) is 0 Å². The van der Waals surface area contributed by atoms with E-state index in [1.807, 2.05) is 39.0 Å². The average Bonchev–Trinajstić information content (AvgIpc) is 2.93. The summed E-state index contributed by atoms with van der Waals surface area (Å²) in [5.41, 5.74) is 4.92. The Morgan fingerprint density at radius 1 is 1.14 bits per heavy atom. The van der Waals surface area contributed by atoms with Gasteiger partial charge in [-0.25, -0.2) is 4.68 Å². The fraction of sp³-hybridized carbons (Fsp3) is 0.286. The zero-order chi connectivity index (χ0) is 15.4. The summed E-state index contributed by atoms with van der Waals surface area (Å²) in [7, 11) is 0. The number of carbonyl (C=O) groups excluding carboxylic acids is 2. The Bertz CT molecular complexity index is 649. The normalized spacial score (nSPS) is 10.5. The maximum Gasteiger partial charge on any atom is 0.328 e. The second kappa shape index (κ2) is 6.17. The van der Waals surface area contributed by atoms with E-state index in [9.17, 15) is 9.59 Å². The van der Waals surface area contributed by atoms with Gasteiger partial charge in [-0.15, -0.1) is 10.2 Å². The van der Waals surface area contributed by atoms with Crippen LogP contribution in [0.5, 0.6) is 0 Å². The molecule has 7 nitrogen and oxygen atoms in total. The van der Waals surface area contributed by atoms with Gasteiger partial charge in [-0.05, 0) is 24.0 Å². The molecule has 0 bridgehead atoms. The SMILES string of the molecule is Cc1cccc(C(C)C)c1NC(=O)C(=O)Nn1cnnc1. The summed E-state index contributed by atoms with van der Waals surface area (Å²) in [5.74, 6) is -1.28. The summed E-state index contributed by atoms with van der Waals surface area (Å²) >= 11 is 0. The largest absolute Gasteiger partial charge is 0.328 e. The number of aryl methyl sites for hydroxylation is 1. The van der Waals surface area contributed by atoms with Crippen molar-refractivity contribution in [1.29, 1.82) is 0 Å². The molecule has 0 aliphatic rings. The molecule has 110 valence electrons. The Morgan fingerprint density at radius 3 is 2.43 bits per heavy atom. The van der Waals surface area contributed by atoms with Gasteiger partial charge in [0, 0.05) is 5.69 Å². The Labute approximate surface area is 122 Å². The maximum atomic E-state index is 12.0. The van der Waals surface area contributed by atoms with E-state index in [4.69, 9.17) is 0 Å². The first-order valence-electron chi connectivity index (χ1n) is 6.55. The van der Waals surface area contributed by atoms with Crippen LogP contribution in [0.25, 0.3) is 0 Å². The molecule has 7 heteroatoms. The van der Waals surface area contributed by atoms with Crippen LogP contribution < -0.4 is 10.7 Å². The van der Waals surface area contributed by atoms with Crippen molar-refractivity contribution in [3.05, 3.63) is 42.0 Å². The van der Waals surface area contributed by atoms with Crippen molar-refractivity contribution in [2.24, 2.45) is 0 Å². The molecule has 0 aliphatic carbocycles. The molecule has 21 heavy (non-hydrogen) atoms. The summed E-state index contributed by atoms with van der Waals surface area (Å²) in [6, 6.07) is 5.75. The Kier molecular flexibility index (Phi) is 4.32. The van der Waals surface area contributed by atoms with Gasteiger partial charge < -0.3 is 5.32 Å². The van der Waals surface area contributed by atoms with E-state index in [2.05, 4.69) is 20.9 Å². The third kappa shape index (κ3) is 3.44. The van der Waals surface area contributed by atoms with E-state index in [1.165, 1.54) is 17.3 Å². The van der Waals surface area contributed by atoms with Crippen molar-refractivity contribution < 1.29 is 9.59 Å². The Balaban J connectivity index is 2.14. The number of benzene rings is 1. The number of hydrogen-bond donors (Lipinski definition) is 2. The molecule has 1 aromatic carbocycles. The molecule has 0 radical (unpaired) electrons. The first-order chi connectivity index (χ1) is 9.99. The van der Waals surface area contributed by atoms with Gasteiger partial charge in [0.1, 0.15) is 12.7 Å². The maximum absolute atomic E-state index is 12.0. The fourth-order valence-corrected chi connectivity index (χ4v) is 1.94. The van der Waals surface area contributed by atoms with Crippen molar-refractivity contribution in [3.8, 4) is 0 Å². The van der Waals surface area contributed by atoms with Gasteiger partial charge in [0.15, 0.2) is 0 Å². The second-order valence-electron chi connectivity index (χ2n) is 4.96. The lowest BCUT2D eigenvalue weighted by Crippen LogP contribution is -2.34. The lowest BCUT2D eigenvalue weighted by molar-refractivity contribution is -0.133. The van der Waals surface area contributed by atoms with E-state index >= 15 is 0 Å². The van der Waals surface area contributed by atoms with Gasteiger partial charge in [0.25, 0.3) is 0 Å². The molecular formula is C14H17N5O2. The molecule has 0 saturated carbocycles. The molecule has 0 fully saturated rings. The minimum Gasteiger partial charge on any atom is -0.317 e. The van der Waals surface area contributed by atoms with Crippen LogP contribution in [0.2, 0.25) is 0 Å². The van der Waals surface area contributed by atoms with Crippen molar-refractivity contribution in [3.63, 3.8) is 0 Å². The van der Waals surface area contributed by atoms with Gasteiger partial charge in [-0.3, -0.25) is 15.0 Å². The second-order valence-corrected chi connectivity index (χ2v) is 4.96. The van der Waals surface area contributed by atoms with E-state index in [1.54, 1.807) is 0 Å². The first-order valence-corrected chi connectivity index (χ1v) is 6.55. The number of para-hydroxylation sites is 1. The predicted octanol–water partition coefficient (Wildman–Crippen LogP) is 1.42. The number of nitrogens with zero attached hydrogens (tertiary/aromatic N) is 3. The highest BCUT2D eigenvalue weighted by Crippen LogP contribution is 2.27. The molecule has 1 aromatic heterocycles. The quantitative estimate of drug-likeness (QED) is 0.835. The highest BCUT2D eigenvalue weighted by atomic mass is 16.2. The van der Waals surface area contributed by atoms with Gasteiger partial charge >= 0.3 is 11.8 Å². The lowest BCUT2D eigenvalue weighted by atomic mass is 9.98. The molecule has 2 amide bonds. The van der Waals surface area contributed by atoms with Crippen LogP contribution in [0.4, 0.5) is 5.69 Å². The van der Waals surface area contributed by atoms with Gasteiger partial charge in [-0.1, -0.05) is 32.0 Å². The first kappa shape index (κ1) is 14.7. The number of anilines is 1. The predicted molar refractivity (Wildman–Crippen MR) is 78.3 cm³/mol. The average molecular weight is 287 g/mol. The highest BCUT2D eigenvalue weighted by molar-refractivity contribution is 6.42. The topological polar surface area (TPSA) is 88.9 Å². The zero-order valence-electron chi connectivity index (χ0n) is 12.1. The Hall–Kier alpha value is -2.70. The number of hydrogen-bond acceptors (Lipinski definition) is 4. The van der Waals surface area contributed by atoms with Crippen molar-refractivity contribution >= 4 is 17.5 Å². The summed E-state index contributed by atoms with van der Waals surface area (Å²) in [4.78, 5) is 23.8. The molecule has 0 unspecified atom stereocenters. The molecule has 1 heterocycles. The van der Waals surface area contributed by atoms with Gasteiger partial charge in [0.2, 0.25) is 0 Å². The van der Waals surface area contributed by atoms with Gasteiger partial charge in [0.05, 0.1) is 0 Å². The van der Waals surface area contributed by atoms with Crippen molar-refractivity contribution in [1.82, 2.24) is 14.9 Å². The van der Waals surface area contributed by atoms with Crippen molar-refractivity contribution in [2.75, 3.05) is 10.7 Å². The monoisotopic (exact) mass is 287 g/mol. The smallest absolute Gasteiger partial charge is 0.317 e. The van der Waals surface area contributed by atoms with Crippen LogP contribution in [-0.4, -0.2) is 26.7 Å². The molecule has 0 aliphatic heterocycles. The molecule has 2 aromatic rings. The number of carbonyl (C=O) groups is 2. The minimum atomic E-state index is -0.784.